The lowest BCUT2D eigenvalue weighted by molar-refractivity contribution is -0.145. The van der Waals surface area contributed by atoms with E-state index in [0.717, 1.165) is 5.56 Å². The van der Waals surface area contributed by atoms with E-state index >= 15 is 0 Å². The molecule has 0 radical (unpaired) electrons. The van der Waals surface area contributed by atoms with E-state index in [2.05, 4.69) is 14.8 Å². The highest BCUT2D eigenvalue weighted by Gasteiger charge is 2.22. The Morgan fingerprint density at radius 3 is 2.28 bits per heavy atom. The maximum atomic E-state index is 12.1. The molecule has 8 heteroatoms. The van der Waals surface area contributed by atoms with Crippen LogP contribution in [0.2, 0.25) is 0 Å². The average Bonchev–Trinajstić information content (AvgIpc) is 2.53. The highest BCUT2D eigenvalue weighted by molar-refractivity contribution is 7.89. The molecular formula is C17H26N2O5S. The number of carbonyl (C=O) groups excluding carboxylic acids is 2. The first-order chi connectivity index (χ1) is 11.7. The van der Waals surface area contributed by atoms with Crippen LogP contribution in [0.1, 0.15) is 32.3 Å². The topological polar surface area (TPSA) is 102 Å². The first-order valence-corrected chi connectivity index (χ1v) is 9.57. The largest absolute Gasteiger partial charge is 0.467 e. The van der Waals surface area contributed by atoms with Gasteiger partial charge in [-0.05, 0) is 31.4 Å². The summed E-state index contributed by atoms with van der Waals surface area (Å²) in [4.78, 5) is 23.8. The molecule has 1 aromatic carbocycles. The van der Waals surface area contributed by atoms with Crippen LogP contribution < -0.4 is 10.0 Å². The van der Waals surface area contributed by atoms with Gasteiger partial charge in [0, 0.05) is 13.0 Å². The molecule has 0 unspecified atom stereocenters. The van der Waals surface area contributed by atoms with Crippen LogP contribution in [0.15, 0.2) is 29.2 Å². The van der Waals surface area contributed by atoms with Crippen molar-refractivity contribution in [2.45, 2.75) is 44.6 Å². The van der Waals surface area contributed by atoms with E-state index in [1.54, 1.807) is 12.1 Å². The lowest BCUT2D eigenvalue weighted by atomic mass is 10.0. The van der Waals surface area contributed by atoms with Crippen molar-refractivity contribution in [3.8, 4) is 0 Å². The number of hydrogen-bond acceptors (Lipinski definition) is 5. The molecule has 140 valence electrons. The molecule has 0 bridgehead atoms. The summed E-state index contributed by atoms with van der Waals surface area (Å²) in [6, 6.07) is 5.69. The van der Waals surface area contributed by atoms with Gasteiger partial charge in [-0.3, -0.25) is 4.79 Å². The molecular weight excluding hydrogens is 344 g/mol. The molecule has 0 saturated heterocycles. The van der Waals surface area contributed by atoms with Gasteiger partial charge in [-0.2, -0.15) is 0 Å². The van der Waals surface area contributed by atoms with Crippen LogP contribution >= 0.6 is 0 Å². The number of methoxy groups -OCH3 is 1. The van der Waals surface area contributed by atoms with Gasteiger partial charge < -0.3 is 10.1 Å². The SMILES string of the molecule is COC(=O)[C@@H](CC(C)C)NC(=O)CCNS(=O)(=O)c1ccc(C)cc1. The maximum Gasteiger partial charge on any atom is 0.328 e. The van der Waals surface area contributed by atoms with Gasteiger partial charge in [-0.1, -0.05) is 31.5 Å². The monoisotopic (exact) mass is 370 g/mol. The fraction of sp³-hybridized carbons (Fsp3) is 0.529. The Balaban J connectivity index is 2.55. The summed E-state index contributed by atoms with van der Waals surface area (Å²) in [7, 11) is -2.40. The Hall–Kier alpha value is -1.93. The van der Waals surface area contributed by atoms with Crippen LogP contribution in [0.4, 0.5) is 0 Å². The highest BCUT2D eigenvalue weighted by atomic mass is 32.2. The van der Waals surface area contributed by atoms with Crippen molar-refractivity contribution in [3.63, 3.8) is 0 Å². The smallest absolute Gasteiger partial charge is 0.328 e. The third-order valence-electron chi connectivity index (χ3n) is 3.50. The second-order valence-electron chi connectivity index (χ2n) is 6.23. The molecule has 0 fully saturated rings. The minimum Gasteiger partial charge on any atom is -0.467 e. The molecule has 0 aliphatic heterocycles. The maximum absolute atomic E-state index is 12.1. The van der Waals surface area contributed by atoms with Gasteiger partial charge >= 0.3 is 5.97 Å². The molecule has 0 aromatic heterocycles. The molecule has 1 aromatic rings. The minimum atomic E-state index is -3.66. The summed E-state index contributed by atoms with van der Waals surface area (Å²) in [6.07, 6.45) is 0.379. The second-order valence-corrected chi connectivity index (χ2v) is 8.00. The molecule has 0 aliphatic rings. The molecule has 0 heterocycles. The summed E-state index contributed by atoms with van der Waals surface area (Å²) in [6.45, 7) is 5.66. The predicted molar refractivity (Wildman–Crippen MR) is 94.4 cm³/mol. The Kier molecular flexibility index (Phi) is 8.05. The number of nitrogens with one attached hydrogen (secondary N) is 2. The summed E-state index contributed by atoms with van der Waals surface area (Å²) >= 11 is 0. The molecule has 25 heavy (non-hydrogen) atoms. The zero-order chi connectivity index (χ0) is 19.0. The number of sulfonamides is 1. The van der Waals surface area contributed by atoms with E-state index in [4.69, 9.17) is 0 Å². The molecule has 1 atom stereocenters. The quantitative estimate of drug-likeness (QED) is 0.639. The summed E-state index contributed by atoms with van der Waals surface area (Å²) in [5.74, 6) is -0.727. The average molecular weight is 370 g/mol. The van der Waals surface area contributed by atoms with Gasteiger partial charge in [0.1, 0.15) is 6.04 Å². The van der Waals surface area contributed by atoms with Crippen molar-refractivity contribution in [1.29, 1.82) is 0 Å². The number of ether oxygens (including phenoxy) is 1. The van der Waals surface area contributed by atoms with E-state index in [-0.39, 0.29) is 23.8 Å². The second kappa shape index (κ2) is 9.53. The summed E-state index contributed by atoms with van der Waals surface area (Å²) < 4.78 is 31.3. The summed E-state index contributed by atoms with van der Waals surface area (Å²) in [5.41, 5.74) is 0.956. The van der Waals surface area contributed by atoms with Crippen LogP contribution in [0.3, 0.4) is 0 Å². The van der Waals surface area contributed by atoms with E-state index in [0.29, 0.717) is 6.42 Å². The number of esters is 1. The van der Waals surface area contributed by atoms with Crippen LogP contribution in [0, 0.1) is 12.8 Å². The fourth-order valence-corrected chi connectivity index (χ4v) is 3.23. The Bertz CT molecular complexity index is 683. The molecule has 1 amide bonds. The zero-order valence-electron chi connectivity index (χ0n) is 15.0. The molecule has 0 aliphatic carbocycles. The van der Waals surface area contributed by atoms with Crippen molar-refractivity contribution >= 4 is 21.9 Å². The first kappa shape index (κ1) is 21.1. The van der Waals surface area contributed by atoms with Gasteiger partial charge in [0.2, 0.25) is 15.9 Å². The standard InChI is InChI=1S/C17H26N2O5S/c1-12(2)11-15(17(21)24-4)19-16(20)9-10-18-25(22,23)14-7-5-13(3)6-8-14/h5-8,12,15,18H,9-11H2,1-4H3,(H,19,20)/t15-/m1/s1. The Morgan fingerprint density at radius 1 is 1.16 bits per heavy atom. The third kappa shape index (κ3) is 7.23. The van der Waals surface area contributed by atoms with Gasteiger partial charge in [0.15, 0.2) is 0 Å². The first-order valence-electron chi connectivity index (χ1n) is 8.09. The van der Waals surface area contributed by atoms with Crippen molar-refractivity contribution in [1.82, 2.24) is 10.0 Å². The van der Waals surface area contributed by atoms with Crippen molar-refractivity contribution in [2.75, 3.05) is 13.7 Å². The van der Waals surface area contributed by atoms with Gasteiger partial charge in [0.05, 0.1) is 12.0 Å². The molecule has 7 nitrogen and oxygen atoms in total. The predicted octanol–water partition coefficient (Wildman–Crippen LogP) is 1.37. The number of hydrogen-bond donors (Lipinski definition) is 2. The zero-order valence-corrected chi connectivity index (χ0v) is 15.9. The lowest BCUT2D eigenvalue weighted by Crippen LogP contribution is -2.43. The van der Waals surface area contributed by atoms with Gasteiger partial charge in [0.25, 0.3) is 0 Å². The molecule has 2 N–H and O–H groups in total. The van der Waals surface area contributed by atoms with E-state index in [1.165, 1.54) is 19.2 Å². The number of carbonyl (C=O) groups is 2. The van der Waals surface area contributed by atoms with E-state index < -0.39 is 27.9 Å². The van der Waals surface area contributed by atoms with Gasteiger partial charge in [-0.25, -0.2) is 17.9 Å². The fourth-order valence-electron chi connectivity index (χ4n) is 2.19. The Morgan fingerprint density at radius 2 is 1.76 bits per heavy atom. The number of rotatable bonds is 9. The van der Waals surface area contributed by atoms with Gasteiger partial charge in [-0.15, -0.1) is 0 Å². The number of benzene rings is 1. The van der Waals surface area contributed by atoms with Crippen LogP contribution in [0.5, 0.6) is 0 Å². The summed E-state index contributed by atoms with van der Waals surface area (Å²) in [5, 5.41) is 2.58. The minimum absolute atomic E-state index is 0.0579. The van der Waals surface area contributed by atoms with E-state index in [9.17, 15) is 18.0 Å². The van der Waals surface area contributed by atoms with Crippen LogP contribution in [-0.2, 0) is 24.3 Å². The van der Waals surface area contributed by atoms with Crippen molar-refractivity contribution in [2.24, 2.45) is 5.92 Å². The highest BCUT2D eigenvalue weighted by Crippen LogP contribution is 2.10. The molecule has 0 saturated carbocycles. The third-order valence-corrected chi connectivity index (χ3v) is 4.98. The lowest BCUT2D eigenvalue weighted by Gasteiger charge is -2.18. The number of aryl methyl sites for hydroxylation is 1. The number of amides is 1. The van der Waals surface area contributed by atoms with Crippen molar-refractivity contribution < 1.29 is 22.7 Å². The normalized spacial score (nSPS) is 12.7. The Labute approximate surface area is 149 Å². The van der Waals surface area contributed by atoms with Crippen LogP contribution in [0.25, 0.3) is 0 Å². The molecule has 1 rings (SSSR count). The van der Waals surface area contributed by atoms with E-state index in [1.807, 2.05) is 20.8 Å². The van der Waals surface area contributed by atoms with Crippen molar-refractivity contribution in [3.05, 3.63) is 29.8 Å². The molecule has 0 spiro atoms. The van der Waals surface area contributed by atoms with Crippen LogP contribution in [-0.4, -0.2) is 40.0 Å².